The molecule has 1 aromatic carbocycles. The highest BCUT2D eigenvalue weighted by Gasteiger charge is 2.23. The average molecular weight is 359 g/mol. The van der Waals surface area contributed by atoms with Crippen LogP contribution in [0.15, 0.2) is 35.5 Å². The second-order valence-electron chi connectivity index (χ2n) is 6.84. The Morgan fingerprint density at radius 2 is 2.00 bits per heavy atom. The molecule has 5 nitrogen and oxygen atoms in total. The summed E-state index contributed by atoms with van der Waals surface area (Å²) in [4.78, 5) is 12.2. The molecule has 2 atom stereocenters. The van der Waals surface area contributed by atoms with Crippen LogP contribution in [0.3, 0.4) is 0 Å². The number of nitrogens with zero attached hydrogens (tertiary/aromatic N) is 3. The van der Waals surface area contributed by atoms with Crippen LogP contribution >= 0.6 is 11.8 Å². The highest BCUT2D eigenvalue weighted by Crippen LogP contribution is 2.24. The molecule has 1 saturated carbocycles. The predicted octanol–water partition coefficient (Wildman–Crippen LogP) is 3.19. The van der Waals surface area contributed by atoms with Crippen molar-refractivity contribution in [3.63, 3.8) is 0 Å². The molecule has 6 heteroatoms. The van der Waals surface area contributed by atoms with Gasteiger partial charge in [0.15, 0.2) is 5.16 Å². The fourth-order valence-corrected chi connectivity index (χ4v) is 4.05. The molecule has 1 heterocycles. The van der Waals surface area contributed by atoms with Crippen LogP contribution in [-0.4, -0.2) is 32.5 Å². The van der Waals surface area contributed by atoms with Crippen LogP contribution in [-0.2, 0) is 18.3 Å². The van der Waals surface area contributed by atoms with Crippen molar-refractivity contribution in [2.24, 2.45) is 13.0 Å². The first-order chi connectivity index (χ1) is 12.1. The van der Waals surface area contributed by atoms with Gasteiger partial charge in [0.1, 0.15) is 5.82 Å². The van der Waals surface area contributed by atoms with Crippen molar-refractivity contribution in [1.29, 1.82) is 0 Å². The Bertz CT molecular complexity index is 701. The maximum atomic E-state index is 12.2. The molecule has 1 amide bonds. The van der Waals surface area contributed by atoms with Gasteiger partial charge in [-0.3, -0.25) is 4.79 Å². The standard InChI is InChI=1S/C19H26N4OS/c1-14-8-6-7-11-16(14)20-18(24)13-25-19-22-21-17(23(19)2)12-15-9-4-3-5-10-15/h3-5,9-10,14,16H,6-8,11-13H2,1-2H3,(H,20,24)/t14-,16-/m1/s1. The van der Waals surface area contributed by atoms with Crippen LogP contribution in [0.4, 0.5) is 0 Å². The third-order valence-electron chi connectivity index (χ3n) is 4.92. The molecule has 2 aromatic rings. The summed E-state index contributed by atoms with van der Waals surface area (Å²) < 4.78 is 1.98. The van der Waals surface area contributed by atoms with Crippen LogP contribution < -0.4 is 5.32 Å². The quantitative estimate of drug-likeness (QED) is 0.806. The minimum Gasteiger partial charge on any atom is -0.352 e. The lowest BCUT2D eigenvalue weighted by Gasteiger charge is -2.29. The van der Waals surface area contributed by atoms with E-state index in [4.69, 9.17) is 0 Å². The maximum Gasteiger partial charge on any atom is 0.230 e. The zero-order chi connectivity index (χ0) is 17.6. The number of aromatic nitrogens is 3. The van der Waals surface area contributed by atoms with Gasteiger partial charge in [-0.1, -0.05) is 61.9 Å². The normalized spacial score (nSPS) is 20.4. The Labute approximate surface area is 153 Å². The monoisotopic (exact) mass is 358 g/mol. The molecular weight excluding hydrogens is 332 g/mol. The summed E-state index contributed by atoms with van der Waals surface area (Å²) in [6.45, 7) is 2.23. The van der Waals surface area contributed by atoms with Crippen molar-refractivity contribution in [2.75, 3.05) is 5.75 Å². The summed E-state index contributed by atoms with van der Waals surface area (Å²) in [5, 5.41) is 12.5. The molecule has 0 bridgehead atoms. The molecule has 0 radical (unpaired) electrons. The van der Waals surface area contributed by atoms with Crippen molar-refractivity contribution in [2.45, 2.75) is 50.2 Å². The van der Waals surface area contributed by atoms with Crippen molar-refractivity contribution in [1.82, 2.24) is 20.1 Å². The molecule has 0 saturated heterocycles. The summed E-state index contributed by atoms with van der Waals surface area (Å²) in [7, 11) is 1.96. The molecule has 3 rings (SSSR count). The lowest BCUT2D eigenvalue weighted by molar-refractivity contribution is -0.119. The molecule has 1 N–H and O–H groups in total. The van der Waals surface area contributed by atoms with E-state index in [2.05, 4.69) is 34.6 Å². The minimum atomic E-state index is 0.0939. The number of carbonyl (C=O) groups excluding carboxylic acids is 1. The number of amides is 1. The Balaban J connectivity index is 1.52. The number of benzene rings is 1. The Morgan fingerprint density at radius 3 is 2.76 bits per heavy atom. The molecule has 0 unspecified atom stereocenters. The summed E-state index contributed by atoms with van der Waals surface area (Å²) in [6, 6.07) is 10.6. The third kappa shape index (κ3) is 4.84. The summed E-state index contributed by atoms with van der Waals surface area (Å²) in [5.74, 6) is 1.97. The number of thioether (sulfide) groups is 1. The fourth-order valence-electron chi connectivity index (χ4n) is 3.31. The second-order valence-corrected chi connectivity index (χ2v) is 7.79. The van der Waals surface area contributed by atoms with E-state index in [9.17, 15) is 4.79 Å². The van der Waals surface area contributed by atoms with Crippen molar-refractivity contribution >= 4 is 17.7 Å². The number of nitrogens with one attached hydrogen (secondary N) is 1. The average Bonchev–Trinajstić information content (AvgIpc) is 2.96. The molecule has 0 spiro atoms. The fraction of sp³-hybridized carbons (Fsp3) is 0.526. The van der Waals surface area contributed by atoms with Crippen molar-refractivity contribution < 1.29 is 4.79 Å². The first-order valence-corrected chi connectivity index (χ1v) is 9.96. The molecule has 25 heavy (non-hydrogen) atoms. The van der Waals surface area contributed by atoms with Gasteiger partial charge in [0.25, 0.3) is 0 Å². The smallest absolute Gasteiger partial charge is 0.230 e. The van der Waals surface area contributed by atoms with Gasteiger partial charge in [0.05, 0.1) is 5.75 Å². The van der Waals surface area contributed by atoms with E-state index >= 15 is 0 Å². The predicted molar refractivity (Wildman–Crippen MR) is 101 cm³/mol. The summed E-state index contributed by atoms with van der Waals surface area (Å²) in [5.41, 5.74) is 1.21. The maximum absolute atomic E-state index is 12.2. The van der Waals surface area contributed by atoms with Crippen LogP contribution in [0.1, 0.15) is 44.0 Å². The molecule has 1 aromatic heterocycles. The molecule has 1 fully saturated rings. The highest BCUT2D eigenvalue weighted by atomic mass is 32.2. The number of carbonyl (C=O) groups is 1. The topological polar surface area (TPSA) is 59.8 Å². The van der Waals surface area contributed by atoms with Crippen LogP contribution in [0.5, 0.6) is 0 Å². The van der Waals surface area contributed by atoms with Gasteiger partial charge >= 0.3 is 0 Å². The lowest BCUT2D eigenvalue weighted by atomic mass is 9.86. The van der Waals surface area contributed by atoms with E-state index < -0.39 is 0 Å². The van der Waals surface area contributed by atoms with E-state index in [0.29, 0.717) is 17.7 Å². The van der Waals surface area contributed by atoms with Gasteiger partial charge in [-0.25, -0.2) is 0 Å². The van der Waals surface area contributed by atoms with E-state index in [0.717, 1.165) is 23.8 Å². The number of rotatable bonds is 6. The van der Waals surface area contributed by atoms with Crippen LogP contribution in [0, 0.1) is 5.92 Å². The Morgan fingerprint density at radius 1 is 1.24 bits per heavy atom. The van der Waals surface area contributed by atoms with Crippen LogP contribution in [0.2, 0.25) is 0 Å². The Hall–Kier alpha value is -1.82. The van der Waals surface area contributed by atoms with Gasteiger partial charge in [0.2, 0.25) is 5.91 Å². The van der Waals surface area contributed by atoms with Gasteiger partial charge < -0.3 is 9.88 Å². The molecular formula is C19H26N4OS. The second kappa shape index (κ2) is 8.52. The Kier molecular flexibility index (Phi) is 6.13. The van der Waals surface area contributed by atoms with Crippen molar-refractivity contribution in [3.8, 4) is 0 Å². The van der Waals surface area contributed by atoms with E-state index in [-0.39, 0.29) is 5.91 Å². The molecule has 1 aliphatic rings. The van der Waals surface area contributed by atoms with Gasteiger partial charge in [-0.05, 0) is 24.3 Å². The SMILES string of the molecule is C[C@@H]1CCCC[C@H]1NC(=O)CSc1nnc(Cc2ccccc2)n1C. The molecule has 0 aliphatic heterocycles. The van der Waals surface area contributed by atoms with E-state index in [1.54, 1.807) is 0 Å². The van der Waals surface area contributed by atoms with E-state index in [1.165, 1.54) is 36.6 Å². The summed E-state index contributed by atoms with van der Waals surface area (Å²) >= 11 is 1.45. The zero-order valence-corrected chi connectivity index (χ0v) is 15.8. The first kappa shape index (κ1) is 18.0. The lowest BCUT2D eigenvalue weighted by Crippen LogP contribution is -2.41. The molecule has 134 valence electrons. The van der Waals surface area contributed by atoms with Crippen molar-refractivity contribution in [3.05, 3.63) is 41.7 Å². The van der Waals surface area contributed by atoms with Gasteiger partial charge in [0, 0.05) is 19.5 Å². The van der Waals surface area contributed by atoms with Crippen LogP contribution in [0.25, 0.3) is 0 Å². The zero-order valence-electron chi connectivity index (χ0n) is 14.9. The first-order valence-electron chi connectivity index (χ1n) is 8.98. The van der Waals surface area contributed by atoms with Gasteiger partial charge in [-0.15, -0.1) is 10.2 Å². The van der Waals surface area contributed by atoms with E-state index in [1.807, 2.05) is 29.8 Å². The largest absolute Gasteiger partial charge is 0.352 e. The highest BCUT2D eigenvalue weighted by molar-refractivity contribution is 7.99. The van der Waals surface area contributed by atoms with Gasteiger partial charge in [-0.2, -0.15) is 0 Å². The minimum absolute atomic E-state index is 0.0939. The third-order valence-corrected chi connectivity index (χ3v) is 5.94. The number of hydrogen-bond acceptors (Lipinski definition) is 4. The molecule has 1 aliphatic carbocycles. The number of hydrogen-bond donors (Lipinski definition) is 1. The summed E-state index contributed by atoms with van der Waals surface area (Å²) in [6.07, 6.45) is 5.56.